The summed E-state index contributed by atoms with van der Waals surface area (Å²) in [7, 11) is 0. The summed E-state index contributed by atoms with van der Waals surface area (Å²) in [5, 5.41) is 2.74. The first kappa shape index (κ1) is 10.3. The van der Waals surface area contributed by atoms with Crippen molar-refractivity contribution in [3.63, 3.8) is 0 Å². The summed E-state index contributed by atoms with van der Waals surface area (Å²) in [5.41, 5.74) is 5.23. The minimum atomic E-state index is -0.433. The molecule has 0 saturated heterocycles. The lowest BCUT2D eigenvalue weighted by Gasteiger charge is -2.34. The number of nitrogens with one attached hydrogen (secondary N) is 1. The first-order valence-corrected chi connectivity index (χ1v) is 4.63. The van der Waals surface area contributed by atoms with Crippen molar-refractivity contribution in [1.82, 2.24) is 5.32 Å². The minimum absolute atomic E-state index is 0.104. The summed E-state index contributed by atoms with van der Waals surface area (Å²) >= 11 is 0. The van der Waals surface area contributed by atoms with E-state index in [4.69, 9.17) is 10.5 Å². The topological polar surface area (TPSA) is 64.3 Å². The van der Waals surface area contributed by atoms with E-state index in [0.717, 1.165) is 12.8 Å². The molecule has 0 unspecified atom stereocenters. The standard InChI is InChI=1S/C9H18N2O2/c1-9(2,3)13-8(12)11-7-5-4-6(7)10/h6-7H,4-5,10H2,1-3H3,(H,11,12)/t6-,7+/m1/s1. The van der Waals surface area contributed by atoms with Gasteiger partial charge in [0.15, 0.2) is 0 Å². The molecule has 1 amide bonds. The number of ether oxygens (including phenoxy) is 1. The molecule has 13 heavy (non-hydrogen) atoms. The van der Waals surface area contributed by atoms with Gasteiger partial charge in [0.2, 0.25) is 0 Å². The second kappa shape index (κ2) is 3.54. The van der Waals surface area contributed by atoms with Gasteiger partial charge in [-0.15, -0.1) is 0 Å². The van der Waals surface area contributed by atoms with E-state index >= 15 is 0 Å². The van der Waals surface area contributed by atoms with Gasteiger partial charge in [0, 0.05) is 12.1 Å². The molecule has 1 aliphatic carbocycles. The lowest BCUT2D eigenvalue weighted by Crippen LogP contribution is -2.55. The van der Waals surface area contributed by atoms with Crippen molar-refractivity contribution >= 4 is 6.09 Å². The monoisotopic (exact) mass is 186 g/mol. The third kappa shape index (κ3) is 3.22. The van der Waals surface area contributed by atoms with Crippen molar-refractivity contribution in [2.24, 2.45) is 5.73 Å². The number of carbonyl (C=O) groups is 1. The first-order chi connectivity index (χ1) is 5.88. The normalized spacial score (nSPS) is 27.7. The van der Waals surface area contributed by atoms with Crippen LogP contribution < -0.4 is 11.1 Å². The van der Waals surface area contributed by atoms with Crippen LogP contribution in [0.3, 0.4) is 0 Å². The van der Waals surface area contributed by atoms with Crippen molar-refractivity contribution in [3.8, 4) is 0 Å². The van der Waals surface area contributed by atoms with E-state index in [1.807, 2.05) is 20.8 Å². The molecule has 0 aromatic rings. The van der Waals surface area contributed by atoms with Gasteiger partial charge < -0.3 is 15.8 Å². The predicted molar refractivity (Wildman–Crippen MR) is 50.4 cm³/mol. The largest absolute Gasteiger partial charge is 0.444 e. The molecule has 4 heteroatoms. The Morgan fingerprint density at radius 2 is 2.08 bits per heavy atom. The molecule has 2 atom stereocenters. The van der Waals surface area contributed by atoms with E-state index in [-0.39, 0.29) is 18.2 Å². The van der Waals surface area contributed by atoms with Gasteiger partial charge in [-0.1, -0.05) is 0 Å². The number of hydrogen-bond donors (Lipinski definition) is 2. The van der Waals surface area contributed by atoms with Crippen LogP contribution in [0.2, 0.25) is 0 Å². The van der Waals surface area contributed by atoms with Crippen molar-refractivity contribution in [2.45, 2.75) is 51.3 Å². The number of carbonyl (C=O) groups excluding carboxylic acids is 1. The maximum Gasteiger partial charge on any atom is 0.407 e. The highest BCUT2D eigenvalue weighted by molar-refractivity contribution is 5.68. The van der Waals surface area contributed by atoms with Gasteiger partial charge in [-0.05, 0) is 33.6 Å². The summed E-state index contributed by atoms with van der Waals surface area (Å²) in [5.74, 6) is 0. The zero-order chi connectivity index (χ0) is 10.1. The van der Waals surface area contributed by atoms with Gasteiger partial charge in [0.1, 0.15) is 5.60 Å². The quantitative estimate of drug-likeness (QED) is 0.642. The number of nitrogens with two attached hydrogens (primary N) is 1. The molecule has 76 valence electrons. The average molecular weight is 186 g/mol. The summed E-state index contributed by atoms with van der Waals surface area (Å²) in [6.07, 6.45) is 1.58. The SMILES string of the molecule is CC(C)(C)OC(=O)N[C@H]1CC[C@H]1N. The molecular weight excluding hydrogens is 168 g/mol. The maximum absolute atomic E-state index is 11.2. The van der Waals surface area contributed by atoms with Gasteiger partial charge in [0.25, 0.3) is 0 Å². The van der Waals surface area contributed by atoms with Crippen molar-refractivity contribution in [2.75, 3.05) is 0 Å². The molecule has 0 aromatic heterocycles. The highest BCUT2D eigenvalue weighted by Crippen LogP contribution is 2.18. The Balaban J connectivity index is 2.25. The molecule has 0 aliphatic heterocycles. The Hall–Kier alpha value is -0.770. The fourth-order valence-electron chi connectivity index (χ4n) is 1.16. The fourth-order valence-corrected chi connectivity index (χ4v) is 1.16. The number of rotatable bonds is 1. The molecule has 1 rings (SSSR count). The number of hydrogen-bond acceptors (Lipinski definition) is 3. The van der Waals surface area contributed by atoms with E-state index in [9.17, 15) is 4.79 Å². The maximum atomic E-state index is 11.2. The Labute approximate surface area is 78.8 Å². The van der Waals surface area contributed by atoms with Gasteiger partial charge in [0.05, 0.1) is 0 Å². The molecule has 0 bridgehead atoms. The second-order valence-electron chi connectivity index (χ2n) is 4.49. The van der Waals surface area contributed by atoms with E-state index in [1.54, 1.807) is 0 Å². The van der Waals surface area contributed by atoms with Gasteiger partial charge >= 0.3 is 6.09 Å². The molecule has 3 N–H and O–H groups in total. The van der Waals surface area contributed by atoms with Crippen LogP contribution in [0.4, 0.5) is 4.79 Å². The Morgan fingerprint density at radius 1 is 1.46 bits per heavy atom. The zero-order valence-corrected chi connectivity index (χ0v) is 8.46. The van der Waals surface area contributed by atoms with Crippen LogP contribution in [-0.4, -0.2) is 23.8 Å². The molecule has 0 radical (unpaired) electrons. The van der Waals surface area contributed by atoms with Crippen LogP contribution >= 0.6 is 0 Å². The molecule has 1 aliphatic rings. The average Bonchev–Trinajstić information content (AvgIpc) is 1.94. The minimum Gasteiger partial charge on any atom is -0.444 e. The fraction of sp³-hybridized carbons (Fsp3) is 0.889. The lowest BCUT2D eigenvalue weighted by atomic mass is 9.87. The van der Waals surface area contributed by atoms with Gasteiger partial charge in [-0.3, -0.25) is 0 Å². The highest BCUT2D eigenvalue weighted by Gasteiger charge is 2.30. The van der Waals surface area contributed by atoms with Crippen molar-refractivity contribution in [1.29, 1.82) is 0 Å². The van der Waals surface area contributed by atoms with E-state index in [0.29, 0.717) is 0 Å². The zero-order valence-electron chi connectivity index (χ0n) is 8.46. The predicted octanol–water partition coefficient (Wildman–Crippen LogP) is 1.00. The second-order valence-corrected chi connectivity index (χ2v) is 4.49. The van der Waals surface area contributed by atoms with Gasteiger partial charge in [-0.2, -0.15) is 0 Å². The van der Waals surface area contributed by atoms with Crippen LogP contribution in [0.1, 0.15) is 33.6 Å². The Kier molecular flexibility index (Phi) is 2.81. The first-order valence-electron chi connectivity index (χ1n) is 4.63. The van der Waals surface area contributed by atoms with Crippen molar-refractivity contribution < 1.29 is 9.53 Å². The highest BCUT2D eigenvalue weighted by atomic mass is 16.6. The third-order valence-corrected chi connectivity index (χ3v) is 2.03. The van der Waals surface area contributed by atoms with Gasteiger partial charge in [-0.25, -0.2) is 4.79 Å². The van der Waals surface area contributed by atoms with Crippen LogP contribution in [0.5, 0.6) is 0 Å². The van der Waals surface area contributed by atoms with E-state index in [1.165, 1.54) is 0 Å². The Morgan fingerprint density at radius 3 is 2.38 bits per heavy atom. The van der Waals surface area contributed by atoms with Crippen LogP contribution in [0, 0.1) is 0 Å². The molecule has 0 heterocycles. The summed E-state index contributed by atoms with van der Waals surface area (Å²) in [6.45, 7) is 5.52. The molecular formula is C9H18N2O2. The molecule has 1 saturated carbocycles. The van der Waals surface area contributed by atoms with E-state index < -0.39 is 5.60 Å². The van der Waals surface area contributed by atoms with Crippen molar-refractivity contribution in [3.05, 3.63) is 0 Å². The Bertz CT molecular complexity index is 198. The smallest absolute Gasteiger partial charge is 0.407 e. The molecule has 0 spiro atoms. The number of amides is 1. The third-order valence-electron chi connectivity index (χ3n) is 2.03. The molecule has 4 nitrogen and oxygen atoms in total. The van der Waals surface area contributed by atoms with Crippen LogP contribution in [0.15, 0.2) is 0 Å². The lowest BCUT2D eigenvalue weighted by molar-refractivity contribution is 0.0467. The molecule has 0 aromatic carbocycles. The van der Waals surface area contributed by atoms with E-state index in [2.05, 4.69) is 5.32 Å². The summed E-state index contributed by atoms with van der Waals surface area (Å²) in [4.78, 5) is 11.2. The van der Waals surface area contributed by atoms with Crippen LogP contribution in [0.25, 0.3) is 0 Å². The summed E-state index contributed by atoms with van der Waals surface area (Å²) < 4.78 is 5.09. The molecule has 1 fully saturated rings. The number of alkyl carbamates (subject to hydrolysis) is 1. The van der Waals surface area contributed by atoms with Crippen LogP contribution in [-0.2, 0) is 4.74 Å². The summed E-state index contributed by atoms with van der Waals surface area (Å²) in [6, 6.07) is 0.211.